The largest absolute Gasteiger partial charge is 0.481 e. The van der Waals surface area contributed by atoms with E-state index in [9.17, 15) is 22.7 Å². The molecule has 1 unspecified atom stereocenters. The summed E-state index contributed by atoms with van der Waals surface area (Å²) in [6, 6.07) is 11.9. The van der Waals surface area contributed by atoms with Crippen LogP contribution in [0.2, 0.25) is 0 Å². The van der Waals surface area contributed by atoms with Gasteiger partial charge in [-0.3, -0.25) is 4.79 Å². The van der Waals surface area contributed by atoms with Gasteiger partial charge in [-0.05, 0) is 81.2 Å². The zero-order chi connectivity index (χ0) is 27.6. The van der Waals surface area contributed by atoms with E-state index in [0.717, 1.165) is 18.4 Å². The molecule has 0 aromatic heterocycles. The number of rotatable bonds is 16. The normalized spacial score (nSPS) is 13.2. The van der Waals surface area contributed by atoms with E-state index in [0.29, 0.717) is 36.8 Å². The van der Waals surface area contributed by atoms with Crippen LogP contribution >= 0.6 is 0 Å². The molecule has 2 aromatic carbocycles. The molecule has 0 saturated carbocycles. The summed E-state index contributed by atoms with van der Waals surface area (Å²) in [5.41, 5.74) is 1.95. The predicted molar refractivity (Wildman–Crippen MR) is 144 cm³/mol. The fourth-order valence-corrected chi connectivity index (χ4v) is 5.77. The molecule has 0 fully saturated rings. The maximum Gasteiger partial charge on any atom is 0.303 e. The van der Waals surface area contributed by atoms with Crippen LogP contribution in [0, 0.1) is 5.82 Å². The molecule has 37 heavy (non-hydrogen) atoms. The topological polar surface area (TPSA) is 107 Å². The number of likely N-dealkylation sites (N-methyl/N-ethyl adjacent to an activating group) is 1. The quantitative estimate of drug-likeness (QED) is 0.297. The number of halogens is 1. The monoisotopic (exact) mass is 536 g/mol. The minimum absolute atomic E-state index is 0.0653. The Balaban J connectivity index is 1.91. The first-order valence-electron chi connectivity index (χ1n) is 12.8. The third-order valence-corrected chi connectivity index (χ3v) is 8.46. The van der Waals surface area contributed by atoms with E-state index in [1.54, 1.807) is 24.3 Å². The van der Waals surface area contributed by atoms with Crippen LogP contribution in [0.3, 0.4) is 0 Å². The van der Waals surface area contributed by atoms with E-state index in [2.05, 4.69) is 5.32 Å². The molecule has 2 rings (SSSR count). The first-order chi connectivity index (χ1) is 17.4. The minimum atomic E-state index is -3.81. The molecule has 3 N–H and O–H groups in total. The SMILES string of the molecule is CCc1cc(CCCC(=O)O)ccc1S(=O)(=O)N(C)CC(O)CNC(C)(C)CCCc1ccccc1F. The number of aliphatic hydroxyl groups is 1. The average molecular weight is 537 g/mol. The molecule has 9 heteroatoms. The molecule has 7 nitrogen and oxygen atoms in total. The molecule has 0 amide bonds. The summed E-state index contributed by atoms with van der Waals surface area (Å²) in [4.78, 5) is 11.0. The Kier molecular flexibility index (Phi) is 11.7. The Bertz CT molecular complexity index is 1140. The van der Waals surface area contributed by atoms with Gasteiger partial charge in [-0.15, -0.1) is 0 Å². The number of aliphatic hydroxyl groups excluding tert-OH is 1. The van der Waals surface area contributed by atoms with Crippen molar-refractivity contribution in [1.29, 1.82) is 0 Å². The number of β-amino-alcohol motifs (C(OH)–C–C–N with tert-alkyl or cyclic N) is 1. The zero-order valence-corrected chi connectivity index (χ0v) is 23.2. The van der Waals surface area contributed by atoms with Crippen molar-refractivity contribution in [3.05, 3.63) is 65.0 Å². The minimum Gasteiger partial charge on any atom is -0.481 e. The molecule has 0 bridgehead atoms. The number of carboxylic acids is 1. The summed E-state index contributed by atoms with van der Waals surface area (Å²) in [5, 5.41) is 22.7. The lowest BCUT2D eigenvalue weighted by molar-refractivity contribution is -0.137. The number of aryl methyl sites for hydroxylation is 3. The van der Waals surface area contributed by atoms with Gasteiger partial charge in [0.1, 0.15) is 5.82 Å². The number of benzene rings is 2. The molecule has 0 aliphatic carbocycles. The summed E-state index contributed by atoms with van der Waals surface area (Å²) in [6.07, 6.45) is 2.89. The number of hydrogen-bond donors (Lipinski definition) is 3. The van der Waals surface area contributed by atoms with Crippen molar-refractivity contribution >= 4 is 16.0 Å². The fourth-order valence-electron chi connectivity index (χ4n) is 4.29. The maximum absolute atomic E-state index is 13.8. The zero-order valence-electron chi connectivity index (χ0n) is 22.3. The summed E-state index contributed by atoms with van der Waals surface area (Å²) in [6.45, 7) is 6.04. The second kappa shape index (κ2) is 14.0. The number of sulfonamides is 1. The summed E-state index contributed by atoms with van der Waals surface area (Å²) in [7, 11) is -2.36. The molecule has 0 aliphatic rings. The average Bonchev–Trinajstić information content (AvgIpc) is 2.83. The first kappa shape index (κ1) is 30.9. The van der Waals surface area contributed by atoms with Crippen molar-refractivity contribution in [2.75, 3.05) is 20.1 Å². The van der Waals surface area contributed by atoms with Gasteiger partial charge >= 0.3 is 5.97 Å². The molecule has 206 valence electrons. The van der Waals surface area contributed by atoms with Crippen LogP contribution in [-0.4, -0.2) is 60.7 Å². The van der Waals surface area contributed by atoms with E-state index in [-0.39, 0.29) is 35.8 Å². The Labute approximate surface area is 220 Å². The number of aliphatic carboxylic acids is 1. The number of carbonyl (C=O) groups is 1. The molecular weight excluding hydrogens is 495 g/mol. The molecule has 0 saturated heterocycles. The van der Waals surface area contributed by atoms with Crippen molar-refractivity contribution in [3.8, 4) is 0 Å². The lowest BCUT2D eigenvalue weighted by Crippen LogP contribution is -2.46. The number of carboxylic acid groups (broad SMARTS) is 1. The highest BCUT2D eigenvalue weighted by Gasteiger charge is 2.26. The van der Waals surface area contributed by atoms with Gasteiger partial charge in [0.15, 0.2) is 0 Å². The third kappa shape index (κ3) is 9.81. The van der Waals surface area contributed by atoms with Gasteiger partial charge in [0.05, 0.1) is 11.0 Å². The smallest absolute Gasteiger partial charge is 0.303 e. The van der Waals surface area contributed by atoms with Crippen LogP contribution in [0.1, 0.15) is 63.1 Å². The highest BCUT2D eigenvalue weighted by atomic mass is 32.2. The van der Waals surface area contributed by atoms with Crippen molar-refractivity contribution in [1.82, 2.24) is 9.62 Å². The van der Waals surface area contributed by atoms with Gasteiger partial charge in [0.25, 0.3) is 0 Å². The second-order valence-electron chi connectivity index (χ2n) is 10.2. The Morgan fingerprint density at radius 3 is 2.46 bits per heavy atom. The van der Waals surface area contributed by atoms with Crippen LogP contribution in [0.25, 0.3) is 0 Å². The summed E-state index contributed by atoms with van der Waals surface area (Å²) >= 11 is 0. The van der Waals surface area contributed by atoms with Crippen molar-refractivity contribution in [2.45, 2.75) is 82.3 Å². The lowest BCUT2D eigenvalue weighted by Gasteiger charge is -2.29. The Morgan fingerprint density at radius 2 is 1.81 bits per heavy atom. The van der Waals surface area contributed by atoms with E-state index in [4.69, 9.17) is 5.11 Å². The number of nitrogens with one attached hydrogen (secondary N) is 1. The first-order valence-corrected chi connectivity index (χ1v) is 14.3. The fraction of sp³-hybridized carbons (Fsp3) is 0.536. The summed E-state index contributed by atoms with van der Waals surface area (Å²) in [5.74, 6) is -1.05. The van der Waals surface area contributed by atoms with Gasteiger partial charge in [0.2, 0.25) is 10.0 Å². The predicted octanol–water partition coefficient (Wildman–Crippen LogP) is 4.17. The van der Waals surface area contributed by atoms with Gasteiger partial charge < -0.3 is 15.5 Å². The van der Waals surface area contributed by atoms with Crippen LogP contribution in [-0.2, 0) is 34.1 Å². The molecular formula is C28H41FN2O5S. The van der Waals surface area contributed by atoms with Crippen LogP contribution in [0.5, 0.6) is 0 Å². The van der Waals surface area contributed by atoms with E-state index in [1.807, 2.05) is 32.9 Å². The highest BCUT2D eigenvalue weighted by Crippen LogP contribution is 2.23. The molecule has 0 radical (unpaired) electrons. The van der Waals surface area contributed by atoms with Crippen LogP contribution < -0.4 is 5.32 Å². The van der Waals surface area contributed by atoms with Crippen molar-refractivity contribution < 1.29 is 27.8 Å². The molecule has 0 aliphatic heterocycles. The molecule has 0 spiro atoms. The lowest BCUT2D eigenvalue weighted by atomic mass is 9.95. The highest BCUT2D eigenvalue weighted by molar-refractivity contribution is 7.89. The van der Waals surface area contributed by atoms with Crippen molar-refractivity contribution in [2.24, 2.45) is 0 Å². The standard InChI is InChI=1S/C28H41FN2O5S/c1-5-22-18-21(10-8-14-27(33)34)15-16-26(22)37(35,36)31(4)20-24(32)19-30-28(2,3)17-9-12-23-11-6-7-13-25(23)29/h6-7,11,13,15-16,18,24,30,32H,5,8-10,12,14,17,19-20H2,1-4H3,(H,33,34). The van der Waals surface area contributed by atoms with Gasteiger partial charge in [-0.25, -0.2) is 12.8 Å². The van der Waals surface area contributed by atoms with E-state index in [1.165, 1.54) is 17.4 Å². The molecule has 1 atom stereocenters. The molecule has 2 aromatic rings. The second-order valence-corrected chi connectivity index (χ2v) is 12.2. The van der Waals surface area contributed by atoms with Crippen LogP contribution in [0.4, 0.5) is 4.39 Å². The maximum atomic E-state index is 13.8. The molecule has 0 heterocycles. The Morgan fingerprint density at radius 1 is 1.11 bits per heavy atom. The van der Waals surface area contributed by atoms with Crippen LogP contribution in [0.15, 0.2) is 47.4 Å². The van der Waals surface area contributed by atoms with Gasteiger partial charge in [-0.1, -0.05) is 37.3 Å². The van der Waals surface area contributed by atoms with E-state index < -0.39 is 22.1 Å². The van der Waals surface area contributed by atoms with Crippen molar-refractivity contribution in [3.63, 3.8) is 0 Å². The number of nitrogens with zero attached hydrogens (tertiary/aromatic N) is 1. The number of hydrogen-bond acceptors (Lipinski definition) is 5. The summed E-state index contributed by atoms with van der Waals surface area (Å²) < 4.78 is 41.5. The van der Waals surface area contributed by atoms with E-state index >= 15 is 0 Å². The Hall–Kier alpha value is -2.33. The van der Waals surface area contributed by atoms with Gasteiger partial charge in [-0.2, -0.15) is 4.31 Å². The van der Waals surface area contributed by atoms with Gasteiger partial charge in [0, 0.05) is 32.1 Å². The third-order valence-electron chi connectivity index (χ3n) is 6.54.